The van der Waals surface area contributed by atoms with Gasteiger partial charge >= 0.3 is 6.09 Å². The maximum atomic E-state index is 12.0. The van der Waals surface area contributed by atoms with Gasteiger partial charge in [0.2, 0.25) is 0 Å². The Balaban J connectivity index is 2.52. The van der Waals surface area contributed by atoms with Crippen molar-refractivity contribution >= 4 is 6.09 Å². The minimum absolute atomic E-state index is 0.175. The minimum Gasteiger partial charge on any atom is -0.444 e. The number of amides is 1. The molecule has 0 aromatic rings. The molecule has 0 radical (unpaired) electrons. The third-order valence-corrected chi connectivity index (χ3v) is 3.27. The molecule has 4 nitrogen and oxygen atoms in total. The monoisotopic (exact) mass is 242 g/mol. The van der Waals surface area contributed by atoms with Crippen LogP contribution in [-0.2, 0) is 4.74 Å². The maximum Gasteiger partial charge on any atom is 0.410 e. The van der Waals surface area contributed by atoms with Crippen LogP contribution >= 0.6 is 0 Å². The van der Waals surface area contributed by atoms with Gasteiger partial charge < -0.3 is 15.0 Å². The zero-order valence-corrected chi connectivity index (χ0v) is 11.7. The number of rotatable bonds is 2. The normalized spacial score (nSPS) is 23.4. The van der Waals surface area contributed by atoms with E-state index in [2.05, 4.69) is 12.2 Å². The largest absolute Gasteiger partial charge is 0.444 e. The Bertz CT molecular complexity index is 261. The van der Waals surface area contributed by atoms with Crippen LogP contribution in [0.3, 0.4) is 0 Å². The number of likely N-dealkylation sites (tertiary alicyclic amines) is 1. The van der Waals surface area contributed by atoms with Crippen LogP contribution in [0.4, 0.5) is 4.79 Å². The van der Waals surface area contributed by atoms with Crippen LogP contribution in [0.1, 0.15) is 40.5 Å². The molecular formula is C13H26N2O2. The summed E-state index contributed by atoms with van der Waals surface area (Å²) >= 11 is 0. The highest BCUT2D eigenvalue weighted by Crippen LogP contribution is 2.21. The Morgan fingerprint density at radius 1 is 1.47 bits per heavy atom. The highest BCUT2D eigenvalue weighted by Gasteiger charge is 2.29. The molecule has 1 rings (SSSR count). The van der Waals surface area contributed by atoms with Gasteiger partial charge in [-0.2, -0.15) is 0 Å². The first-order valence-electron chi connectivity index (χ1n) is 6.48. The average molecular weight is 242 g/mol. The number of nitrogens with one attached hydrogen (secondary N) is 1. The van der Waals surface area contributed by atoms with Crippen molar-refractivity contribution in [1.29, 1.82) is 0 Å². The highest BCUT2D eigenvalue weighted by molar-refractivity contribution is 5.68. The van der Waals surface area contributed by atoms with Gasteiger partial charge in [0.1, 0.15) is 5.60 Å². The van der Waals surface area contributed by atoms with Gasteiger partial charge in [0, 0.05) is 19.1 Å². The van der Waals surface area contributed by atoms with Crippen molar-refractivity contribution in [3.05, 3.63) is 0 Å². The van der Waals surface area contributed by atoms with E-state index in [4.69, 9.17) is 4.74 Å². The molecule has 1 heterocycles. The van der Waals surface area contributed by atoms with Crippen molar-refractivity contribution in [3.63, 3.8) is 0 Å². The number of carbonyl (C=O) groups is 1. The molecule has 2 unspecified atom stereocenters. The Kier molecular flexibility index (Phi) is 4.80. The lowest BCUT2D eigenvalue weighted by molar-refractivity contribution is 0.0150. The fraction of sp³-hybridized carbons (Fsp3) is 0.923. The summed E-state index contributed by atoms with van der Waals surface area (Å²) in [5.41, 5.74) is -0.404. The van der Waals surface area contributed by atoms with Gasteiger partial charge in [-0.15, -0.1) is 0 Å². The number of nitrogens with zero attached hydrogens (tertiary/aromatic N) is 1. The fourth-order valence-corrected chi connectivity index (χ4v) is 2.15. The van der Waals surface area contributed by atoms with E-state index in [-0.39, 0.29) is 6.09 Å². The Hall–Kier alpha value is -0.770. The van der Waals surface area contributed by atoms with E-state index >= 15 is 0 Å². The van der Waals surface area contributed by atoms with Crippen LogP contribution in [0, 0.1) is 5.92 Å². The summed E-state index contributed by atoms with van der Waals surface area (Å²) in [6, 6.07) is 0.445. The second-order valence-electron chi connectivity index (χ2n) is 5.91. The Labute approximate surface area is 105 Å². The van der Waals surface area contributed by atoms with Crippen LogP contribution in [0.5, 0.6) is 0 Å². The zero-order valence-electron chi connectivity index (χ0n) is 11.7. The number of piperidine rings is 1. The van der Waals surface area contributed by atoms with Gasteiger partial charge in [-0.25, -0.2) is 4.79 Å². The van der Waals surface area contributed by atoms with Crippen molar-refractivity contribution in [2.75, 3.05) is 20.1 Å². The molecule has 1 N–H and O–H groups in total. The van der Waals surface area contributed by atoms with Crippen molar-refractivity contribution in [1.82, 2.24) is 10.2 Å². The van der Waals surface area contributed by atoms with Gasteiger partial charge in [-0.1, -0.05) is 0 Å². The summed E-state index contributed by atoms with van der Waals surface area (Å²) in [5.74, 6) is 0.529. The lowest BCUT2D eigenvalue weighted by Crippen LogP contribution is -2.47. The van der Waals surface area contributed by atoms with E-state index in [1.807, 2.05) is 32.7 Å². The van der Waals surface area contributed by atoms with Crippen molar-refractivity contribution in [2.45, 2.75) is 52.2 Å². The molecule has 1 saturated heterocycles. The van der Waals surface area contributed by atoms with Crippen molar-refractivity contribution in [3.8, 4) is 0 Å². The van der Waals surface area contributed by atoms with E-state index < -0.39 is 5.60 Å². The number of ether oxygens (including phenoxy) is 1. The van der Waals surface area contributed by atoms with Gasteiger partial charge in [-0.05, 0) is 53.5 Å². The summed E-state index contributed by atoms with van der Waals surface area (Å²) in [6.45, 7) is 9.51. The third-order valence-electron chi connectivity index (χ3n) is 3.27. The van der Waals surface area contributed by atoms with Gasteiger partial charge in [0.05, 0.1) is 0 Å². The third kappa shape index (κ3) is 4.54. The standard InChI is InChI=1S/C13H26N2O2/c1-10(14-5)11-7-6-8-15(9-11)12(16)17-13(2,3)4/h10-11,14H,6-9H2,1-5H3. The first-order valence-corrected chi connectivity index (χ1v) is 6.48. The van der Waals surface area contributed by atoms with E-state index in [0.29, 0.717) is 12.0 Å². The second-order valence-corrected chi connectivity index (χ2v) is 5.91. The van der Waals surface area contributed by atoms with Crippen LogP contribution < -0.4 is 5.32 Å². The van der Waals surface area contributed by atoms with Crippen LogP contribution in [0.25, 0.3) is 0 Å². The topological polar surface area (TPSA) is 41.6 Å². The predicted octanol–water partition coefficient (Wildman–Crippen LogP) is 2.24. The molecule has 4 heteroatoms. The van der Waals surface area contributed by atoms with Gasteiger partial charge in [0.25, 0.3) is 0 Å². The summed E-state index contributed by atoms with van der Waals surface area (Å²) in [4.78, 5) is 13.8. The lowest BCUT2D eigenvalue weighted by Gasteiger charge is -2.36. The molecule has 1 aliphatic rings. The van der Waals surface area contributed by atoms with Crippen molar-refractivity contribution in [2.24, 2.45) is 5.92 Å². The number of hydrogen-bond donors (Lipinski definition) is 1. The fourth-order valence-electron chi connectivity index (χ4n) is 2.15. The van der Waals surface area contributed by atoms with Crippen LogP contribution in [0.2, 0.25) is 0 Å². The Morgan fingerprint density at radius 3 is 2.65 bits per heavy atom. The van der Waals surface area contributed by atoms with Gasteiger partial charge in [-0.3, -0.25) is 0 Å². The molecule has 1 fully saturated rings. The maximum absolute atomic E-state index is 12.0. The molecule has 1 aliphatic heterocycles. The van der Waals surface area contributed by atoms with E-state index in [1.54, 1.807) is 0 Å². The van der Waals surface area contributed by atoms with Crippen molar-refractivity contribution < 1.29 is 9.53 Å². The molecule has 2 atom stereocenters. The molecule has 0 aliphatic carbocycles. The molecule has 0 aromatic carbocycles. The first-order chi connectivity index (χ1) is 7.83. The smallest absolute Gasteiger partial charge is 0.410 e. The summed E-state index contributed by atoms with van der Waals surface area (Å²) in [6.07, 6.45) is 2.07. The van der Waals surface area contributed by atoms with E-state index in [0.717, 1.165) is 19.5 Å². The predicted molar refractivity (Wildman–Crippen MR) is 69.1 cm³/mol. The van der Waals surface area contributed by atoms with E-state index in [1.165, 1.54) is 6.42 Å². The molecule has 0 bridgehead atoms. The molecule has 17 heavy (non-hydrogen) atoms. The molecule has 0 saturated carbocycles. The molecular weight excluding hydrogens is 216 g/mol. The van der Waals surface area contributed by atoms with E-state index in [9.17, 15) is 4.79 Å². The lowest BCUT2D eigenvalue weighted by atomic mass is 9.92. The highest BCUT2D eigenvalue weighted by atomic mass is 16.6. The molecule has 0 spiro atoms. The summed E-state index contributed by atoms with van der Waals surface area (Å²) in [5, 5.41) is 3.26. The second kappa shape index (κ2) is 5.71. The number of hydrogen-bond acceptors (Lipinski definition) is 3. The molecule has 0 aromatic heterocycles. The van der Waals surface area contributed by atoms with Crippen LogP contribution in [-0.4, -0.2) is 42.8 Å². The Morgan fingerprint density at radius 2 is 2.12 bits per heavy atom. The summed E-state index contributed by atoms with van der Waals surface area (Å²) in [7, 11) is 1.97. The quantitative estimate of drug-likeness (QED) is 0.807. The first kappa shape index (κ1) is 14.3. The SMILES string of the molecule is CNC(C)C1CCCN(C(=O)OC(C)(C)C)C1. The summed E-state index contributed by atoms with van der Waals surface area (Å²) < 4.78 is 5.41. The minimum atomic E-state index is -0.404. The van der Waals surface area contributed by atoms with Gasteiger partial charge in [0.15, 0.2) is 0 Å². The average Bonchev–Trinajstić information content (AvgIpc) is 2.26. The van der Waals surface area contributed by atoms with Crippen LogP contribution in [0.15, 0.2) is 0 Å². The molecule has 100 valence electrons. The zero-order chi connectivity index (χ0) is 13.1. The molecule has 1 amide bonds. The number of carbonyl (C=O) groups excluding carboxylic acids is 1.